The Morgan fingerprint density at radius 2 is 1.94 bits per heavy atom. The number of carbonyl (C=O) groups excluding carboxylic acids is 2. The molecule has 34 heavy (non-hydrogen) atoms. The number of carbonyl (C=O) groups is 3. The molecule has 2 aromatic rings. The molecule has 0 atom stereocenters. The van der Waals surface area contributed by atoms with Gasteiger partial charge in [-0.2, -0.15) is 0 Å². The fourth-order valence-corrected chi connectivity index (χ4v) is 4.26. The maximum Gasteiger partial charge on any atom is 0.305 e. The summed E-state index contributed by atoms with van der Waals surface area (Å²) >= 11 is 0. The Bertz CT molecular complexity index is 1130. The molecule has 0 radical (unpaired) electrons. The van der Waals surface area contributed by atoms with Crippen molar-refractivity contribution in [1.82, 2.24) is 15.2 Å². The highest BCUT2D eigenvalue weighted by Gasteiger charge is 2.33. The summed E-state index contributed by atoms with van der Waals surface area (Å²) in [4.78, 5) is 43.8. The lowest BCUT2D eigenvalue weighted by molar-refractivity contribution is -0.136. The Morgan fingerprint density at radius 1 is 1.24 bits per heavy atom. The summed E-state index contributed by atoms with van der Waals surface area (Å²) in [6, 6.07) is 3.99. The second-order valence-electron chi connectivity index (χ2n) is 8.27. The van der Waals surface area contributed by atoms with Crippen molar-refractivity contribution in [3.05, 3.63) is 52.1 Å². The minimum Gasteiger partial charge on any atom is -0.481 e. The van der Waals surface area contributed by atoms with Gasteiger partial charge in [0.1, 0.15) is 5.82 Å². The number of carboxylic acid groups (broad SMARTS) is 1. The molecule has 1 aliphatic rings. The second kappa shape index (κ2) is 10.6. The number of carboxylic acids is 1. The zero-order valence-electron chi connectivity index (χ0n) is 20.0. The monoisotopic (exact) mass is 470 g/mol. The molecule has 182 valence electrons. The average molecular weight is 471 g/mol. The maximum atomic E-state index is 14.0. The average Bonchev–Trinajstić information content (AvgIpc) is 3.21. The van der Waals surface area contributed by atoms with Crippen LogP contribution in [0, 0.1) is 19.7 Å². The Labute approximate surface area is 198 Å². The number of aromatic nitrogens is 1. The number of likely N-dealkylation sites (N-methyl/N-ethyl adjacent to an activating group) is 1. The van der Waals surface area contributed by atoms with Crippen molar-refractivity contribution in [3.8, 4) is 0 Å². The lowest BCUT2D eigenvalue weighted by atomic mass is 10.0. The van der Waals surface area contributed by atoms with Crippen molar-refractivity contribution in [2.45, 2.75) is 34.1 Å². The number of nitrogens with zero attached hydrogens (tertiary/aromatic N) is 2. The molecule has 9 heteroatoms. The van der Waals surface area contributed by atoms with E-state index in [0.717, 1.165) is 19.6 Å². The number of benzene rings is 1. The van der Waals surface area contributed by atoms with E-state index >= 15 is 0 Å². The van der Waals surface area contributed by atoms with E-state index in [-0.39, 0.29) is 24.4 Å². The van der Waals surface area contributed by atoms with Crippen LogP contribution in [0.3, 0.4) is 0 Å². The highest BCUT2D eigenvalue weighted by molar-refractivity contribution is 6.35. The van der Waals surface area contributed by atoms with Crippen LogP contribution in [0.25, 0.3) is 11.6 Å². The molecule has 0 bridgehead atoms. The van der Waals surface area contributed by atoms with E-state index in [4.69, 9.17) is 5.11 Å². The van der Waals surface area contributed by atoms with E-state index in [1.54, 1.807) is 19.9 Å². The molecule has 2 amide bonds. The molecule has 3 rings (SSSR count). The predicted molar refractivity (Wildman–Crippen MR) is 129 cm³/mol. The Hall–Kier alpha value is -3.46. The number of hydrogen-bond acceptors (Lipinski definition) is 4. The number of halogens is 1. The maximum absolute atomic E-state index is 14.0. The molecule has 8 nitrogen and oxygen atoms in total. The molecule has 0 spiro atoms. The van der Waals surface area contributed by atoms with Crippen LogP contribution in [0.2, 0.25) is 0 Å². The smallest absolute Gasteiger partial charge is 0.305 e. The molecule has 0 unspecified atom stereocenters. The number of fused-ring (bicyclic) bond motifs is 1. The highest BCUT2D eigenvalue weighted by Crippen LogP contribution is 2.38. The Morgan fingerprint density at radius 3 is 2.59 bits per heavy atom. The van der Waals surface area contributed by atoms with Crippen LogP contribution in [0.4, 0.5) is 10.1 Å². The first kappa shape index (κ1) is 25.2. The van der Waals surface area contributed by atoms with Crippen molar-refractivity contribution in [3.63, 3.8) is 0 Å². The topological polar surface area (TPSA) is 106 Å². The van der Waals surface area contributed by atoms with Crippen molar-refractivity contribution in [2.75, 3.05) is 37.6 Å². The van der Waals surface area contributed by atoms with Crippen molar-refractivity contribution < 1.29 is 23.9 Å². The summed E-state index contributed by atoms with van der Waals surface area (Å²) in [6.45, 7) is 10.8. The molecule has 1 aromatic heterocycles. The molecular formula is C25H31FN4O4. The van der Waals surface area contributed by atoms with Gasteiger partial charge in [0.2, 0.25) is 0 Å². The summed E-state index contributed by atoms with van der Waals surface area (Å²) in [5.41, 5.74) is 3.54. The first-order valence-corrected chi connectivity index (χ1v) is 11.4. The van der Waals surface area contributed by atoms with E-state index in [1.165, 1.54) is 23.1 Å². The number of hydrogen-bond donors (Lipinski definition) is 3. The van der Waals surface area contributed by atoms with E-state index in [0.29, 0.717) is 40.3 Å². The van der Waals surface area contributed by atoms with Crippen LogP contribution >= 0.6 is 0 Å². The number of aromatic amines is 1. The number of H-pyrrole nitrogens is 1. The number of aryl methyl sites for hydroxylation is 1. The van der Waals surface area contributed by atoms with Gasteiger partial charge in [0, 0.05) is 36.6 Å². The lowest BCUT2D eigenvalue weighted by Gasteiger charge is -2.18. The van der Waals surface area contributed by atoms with Crippen LogP contribution in [-0.2, 0) is 9.59 Å². The van der Waals surface area contributed by atoms with Gasteiger partial charge in [-0.25, -0.2) is 4.39 Å². The third kappa shape index (κ3) is 5.20. The van der Waals surface area contributed by atoms with Crippen LogP contribution < -0.4 is 10.2 Å². The summed E-state index contributed by atoms with van der Waals surface area (Å²) in [5, 5.41) is 12.0. The number of aliphatic carboxylic acids is 1. The molecule has 0 aliphatic carbocycles. The third-order valence-corrected chi connectivity index (χ3v) is 6.16. The first-order chi connectivity index (χ1) is 16.2. The van der Waals surface area contributed by atoms with Crippen molar-refractivity contribution in [2.24, 2.45) is 0 Å². The SMILES string of the molecule is CCN(CC)CCNC(=O)c1c(C)[nH]c(/C=C2\C(=O)N(CCC(=O)O)c3ccc(F)cc32)c1C. The van der Waals surface area contributed by atoms with Crippen LogP contribution in [0.1, 0.15) is 53.1 Å². The minimum atomic E-state index is -1.03. The van der Waals surface area contributed by atoms with Gasteiger partial charge in [0.15, 0.2) is 0 Å². The lowest BCUT2D eigenvalue weighted by Crippen LogP contribution is -2.35. The van der Waals surface area contributed by atoms with Gasteiger partial charge in [-0.05, 0) is 56.8 Å². The van der Waals surface area contributed by atoms with E-state index in [9.17, 15) is 18.8 Å². The van der Waals surface area contributed by atoms with Gasteiger partial charge in [-0.3, -0.25) is 14.4 Å². The molecule has 0 saturated heterocycles. The van der Waals surface area contributed by atoms with Crippen molar-refractivity contribution >= 4 is 35.1 Å². The van der Waals surface area contributed by atoms with Crippen LogP contribution in [-0.4, -0.2) is 65.5 Å². The van der Waals surface area contributed by atoms with Gasteiger partial charge < -0.3 is 25.2 Å². The molecule has 1 aromatic carbocycles. The van der Waals surface area contributed by atoms with Crippen LogP contribution in [0.15, 0.2) is 18.2 Å². The van der Waals surface area contributed by atoms with E-state index < -0.39 is 17.7 Å². The largest absolute Gasteiger partial charge is 0.481 e. The minimum absolute atomic E-state index is 0.0208. The summed E-state index contributed by atoms with van der Waals surface area (Å²) in [7, 11) is 0. The highest BCUT2D eigenvalue weighted by atomic mass is 19.1. The molecule has 0 saturated carbocycles. The standard InChI is InChI=1S/C25H31FN4O4/c1-5-29(6-2)12-10-27-24(33)23-15(3)20(28-16(23)4)14-19-18-13-17(26)7-8-21(18)30(25(19)34)11-9-22(31)32/h7-8,13-14,28H,5-6,9-12H2,1-4H3,(H,27,33)(H,31,32)/b19-14-. The molecule has 0 fully saturated rings. The predicted octanol–water partition coefficient (Wildman–Crippen LogP) is 3.20. The second-order valence-corrected chi connectivity index (χ2v) is 8.27. The third-order valence-electron chi connectivity index (χ3n) is 6.16. The van der Waals surface area contributed by atoms with Crippen molar-refractivity contribution in [1.29, 1.82) is 0 Å². The first-order valence-electron chi connectivity index (χ1n) is 11.4. The van der Waals surface area contributed by atoms with E-state index in [2.05, 4.69) is 29.0 Å². The number of rotatable bonds is 10. The van der Waals surface area contributed by atoms with Crippen LogP contribution in [0.5, 0.6) is 0 Å². The van der Waals surface area contributed by atoms with Gasteiger partial charge >= 0.3 is 5.97 Å². The van der Waals surface area contributed by atoms with E-state index in [1.807, 2.05) is 0 Å². The van der Waals surface area contributed by atoms with Gasteiger partial charge in [-0.1, -0.05) is 13.8 Å². The number of nitrogens with one attached hydrogen (secondary N) is 2. The summed E-state index contributed by atoms with van der Waals surface area (Å²) in [6.07, 6.45) is 1.38. The zero-order valence-corrected chi connectivity index (χ0v) is 20.0. The number of amides is 2. The van der Waals surface area contributed by atoms with Gasteiger partial charge in [-0.15, -0.1) is 0 Å². The fourth-order valence-electron chi connectivity index (χ4n) is 4.26. The zero-order chi connectivity index (χ0) is 25.0. The Balaban J connectivity index is 1.90. The summed E-state index contributed by atoms with van der Waals surface area (Å²) in [5.74, 6) is -2.12. The Kier molecular flexibility index (Phi) is 7.88. The molecule has 2 heterocycles. The molecular weight excluding hydrogens is 439 g/mol. The quantitative estimate of drug-likeness (QED) is 0.463. The van der Waals surface area contributed by atoms with Gasteiger partial charge in [0.25, 0.3) is 11.8 Å². The number of anilines is 1. The molecule has 1 aliphatic heterocycles. The normalized spacial score (nSPS) is 14.2. The molecule has 3 N–H and O–H groups in total. The summed E-state index contributed by atoms with van der Waals surface area (Å²) < 4.78 is 14.0. The fraction of sp³-hybridized carbons (Fsp3) is 0.400. The van der Waals surface area contributed by atoms with Gasteiger partial charge in [0.05, 0.1) is 23.2 Å².